The van der Waals surface area contributed by atoms with Crippen molar-refractivity contribution in [2.45, 2.75) is 18.8 Å². The summed E-state index contributed by atoms with van der Waals surface area (Å²) in [6, 6.07) is 1.98. The van der Waals surface area contributed by atoms with Gasteiger partial charge in [-0.3, -0.25) is 0 Å². The van der Waals surface area contributed by atoms with E-state index < -0.39 is 0 Å². The minimum absolute atomic E-state index is 0.115. The fourth-order valence-electron chi connectivity index (χ4n) is 1.93. The van der Waals surface area contributed by atoms with Crippen molar-refractivity contribution in [3.05, 3.63) is 30.6 Å². The Morgan fingerprint density at radius 1 is 1.10 bits per heavy atom. The first kappa shape index (κ1) is 11.0. The molecule has 0 saturated heterocycles. The van der Waals surface area contributed by atoms with E-state index >= 15 is 0 Å². The first-order valence-corrected chi connectivity index (χ1v) is 6.22. The summed E-state index contributed by atoms with van der Waals surface area (Å²) < 4.78 is 3.03. The molecule has 3 aromatic heterocycles. The molecule has 1 saturated carbocycles. The van der Waals surface area contributed by atoms with Crippen LogP contribution in [-0.2, 0) is 0 Å². The van der Waals surface area contributed by atoms with E-state index in [1.165, 1.54) is 30.2 Å². The molecule has 3 aromatic rings. The van der Waals surface area contributed by atoms with Gasteiger partial charge in [-0.2, -0.15) is 29.8 Å². The zero-order chi connectivity index (χ0) is 13.5. The molecule has 1 aliphatic rings. The zero-order valence-corrected chi connectivity index (χ0v) is 10.5. The molecule has 2 N–H and O–H groups in total. The Kier molecular flexibility index (Phi) is 2.25. The highest BCUT2D eigenvalue weighted by atomic mass is 15.4. The molecule has 0 aromatic carbocycles. The maximum absolute atomic E-state index is 5.72. The van der Waals surface area contributed by atoms with E-state index in [0.29, 0.717) is 17.8 Å². The first-order valence-electron chi connectivity index (χ1n) is 6.22. The highest BCUT2D eigenvalue weighted by Gasteiger charge is 2.26. The van der Waals surface area contributed by atoms with Crippen molar-refractivity contribution >= 4 is 5.95 Å². The zero-order valence-electron chi connectivity index (χ0n) is 10.5. The molecule has 0 unspecified atom stereocenters. The number of rotatable bonds is 3. The van der Waals surface area contributed by atoms with Gasteiger partial charge in [-0.1, -0.05) is 0 Å². The van der Waals surface area contributed by atoms with Gasteiger partial charge in [-0.05, 0) is 18.9 Å². The molecule has 3 heterocycles. The van der Waals surface area contributed by atoms with Crippen LogP contribution in [0.3, 0.4) is 0 Å². The van der Waals surface area contributed by atoms with Gasteiger partial charge in [0.15, 0.2) is 0 Å². The molecular formula is C11H11N9. The van der Waals surface area contributed by atoms with Crippen LogP contribution in [0.2, 0.25) is 0 Å². The average Bonchev–Trinajstić information content (AvgIpc) is 2.97. The third kappa shape index (κ3) is 1.88. The van der Waals surface area contributed by atoms with Gasteiger partial charge in [0, 0.05) is 12.1 Å². The van der Waals surface area contributed by atoms with Crippen LogP contribution in [-0.4, -0.2) is 39.5 Å². The van der Waals surface area contributed by atoms with Crippen LogP contribution in [0.5, 0.6) is 0 Å². The second kappa shape index (κ2) is 4.08. The molecule has 0 bridgehead atoms. The summed E-state index contributed by atoms with van der Waals surface area (Å²) in [7, 11) is 0. The Balaban J connectivity index is 1.76. The highest BCUT2D eigenvalue weighted by Crippen LogP contribution is 2.38. The Bertz CT molecular complexity index is 741. The third-order valence-electron chi connectivity index (χ3n) is 3.06. The fraction of sp³-hybridized carbons (Fsp3) is 0.273. The average molecular weight is 269 g/mol. The lowest BCUT2D eigenvalue weighted by Gasteiger charge is -2.03. The SMILES string of the molecule is Nc1nc(-n2cncn2)nc(-n2ccc(C3CC3)n2)n1. The lowest BCUT2D eigenvalue weighted by molar-refractivity contribution is 0.738. The number of anilines is 1. The predicted octanol–water partition coefficient (Wildman–Crippen LogP) is 0.0976. The van der Waals surface area contributed by atoms with Crippen LogP contribution >= 0.6 is 0 Å². The summed E-state index contributed by atoms with van der Waals surface area (Å²) in [6.07, 6.45) is 7.12. The summed E-state index contributed by atoms with van der Waals surface area (Å²) in [5.74, 6) is 1.37. The minimum atomic E-state index is 0.115. The van der Waals surface area contributed by atoms with E-state index in [2.05, 4.69) is 30.1 Å². The van der Waals surface area contributed by atoms with E-state index in [1.54, 1.807) is 4.68 Å². The molecule has 0 spiro atoms. The maximum Gasteiger partial charge on any atom is 0.258 e. The highest BCUT2D eigenvalue weighted by molar-refractivity contribution is 5.28. The number of nitrogens with two attached hydrogens (primary N) is 1. The number of nitrogens with zero attached hydrogens (tertiary/aromatic N) is 8. The molecule has 4 rings (SSSR count). The van der Waals surface area contributed by atoms with Crippen LogP contribution in [0.25, 0.3) is 11.9 Å². The van der Waals surface area contributed by atoms with Crippen molar-refractivity contribution in [1.29, 1.82) is 0 Å². The van der Waals surface area contributed by atoms with Gasteiger partial charge in [-0.15, -0.1) is 0 Å². The third-order valence-corrected chi connectivity index (χ3v) is 3.06. The number of hydrogen-bond donors (Lipinski definition) is 1. The van der Waals surface area contributed by atoms with Crippen LogP contribution < -0.4 is 5.73 Å². The van der Waals surface area contributed by atoms with Gasteiger partial charge >= 0.3 is 0 Å². The van der Waals surface area contributed by atoms with E-state index in [0.717, 1.165) is 5.69 Å². The van der Waals surface area contributed by atoms with Crippen LogP contribution in [0.4, 0.5) is 5.95 Å². The van der Waals surface area contributed by atoms with E-state index in [4.69, 9.17) is 5.73 Å². The lowest BCUT2D eigenvalue weighted by Crippen LogP contribution is -2.12. The van der Waals surface area contributed by atoms with Crippen LogP contribution in [0, 0.1) is 0 Å². The molecule has 0 radical (unpaired) electrons. The van der Waals surface area contributed by atoms with Gasteiger partial charge in [0.1, 0.15) is 12.7 Å². The predicted molar refractivity (Wildman–Crippen MR) is 68.3 cm³/mol. The molecule has 0 amide bonds. The van der Waals surface area contributed by atoms with E-state index in [-0.39, 0.29) is 5.95 Å². The molecule has 1 fully saturated rings. The Morgan fingerprint density at radius 2 is 1.90 bits per heavy atom. The topological polar surface area (TPSA) is 113 Å². The lowest BCUT2D eigenvalue weighted by atomic mass is 10.3. The van der Waals surface area contributed by atoms with Crippen molar-refractivity contribution in [2.75, 3.05) is 5.73 Å². The van der Waals surface area contributed by atoms with Gasteiger partial charge in [0.2, 0.25) is 5.95 Å². The summed E-state index contributed by atoms with van der Waals surface area (Å²) >= 11 is 0. The Hall–Kier alpha value is -2.84. The summed E-state index contributed by atoms with van der Waals surface area (Å²) in [5.41, 5.74) is 6.78. The fourth-order valence-corrected chi connectivity index (χ4v) is 1.93. The number of aromatic nitrogens is 8. The minimum Gasteiger partial charge on any atom is -0.368 e. The van der Waals surface area contributed by atoms with Gasteiger partial charge in [0.05, 0.1) is 5.69 Å². The molecular weight excluding hydrogens is 258 g/mol. The van der Waals surface area contributed by atoms with Gasteiger partial charge < -0.3 is 5.73 Å². The number of nitrogen functional groups attached to an aromatic ring is 1. The van der Waals surface area contributed by atoms with Crippen molar-refractivity contribution in [3.8, 4) is 11.9 Å². The molecule has 9 nitrogen and oxygen atoms in total. The summed E-state index contributed by atoms with van der Waals surface area (Å²) in [5, 5.41) is 8.44. The first-order chi connectivity index (χ1) is 9.79. The van der Waals surface area contributed by atoms with Gasteiger partial charge in [0.25, 0.3) is 11.9 Å². The van der Waals surface area contributed by atoms with Crippen LogP contribution in [0.15, 0.2) is 24.9 Å². The largest absolute Gasteiger partial charge is 0.368 e. The molecule has 0 atom stereocenters. The quantitative estimate of drug-likeness (QED) is 0.717. The monoisotopic (exact) mass is 269 g/mol. The van der Waals surface area contributed by atoms with E-state index in [1.807, 2.05) is 12.3 Å². The smallest absolute Gasteiger partial charge is 0.258 e. The standard InChI is InChI=1S/C11H11N9/c12-9-15-10(17-11(16-9)20-6-13-5-14-20)19-4-3-8(18-19)7-1-2-7/h3-7H,1-2H2,(H2,12,15,16,17). The van der Waals surface area contributed by atoms with E-state index in [9.17, 15) is 0 Å². The van der Waals surface area contributed by atoms with Gasteiger partial charge in [-0.25, -0.2) is 9.67 Å². The summed E-state index contributed by atoms with van der Waals surface area (Å²) in [6.45, 7) is 0. The van der Waals surface area contributed by atoms with Crippen LogP contribution in [0.1, 0.15) is 24.5 Å². The molecule has 1 aliphatic carbocycles. The second-order valence-corrected chi connectivity index (χ2v) is 4.59. The Labute approximate surface area is 113 Å². The normalized spacial score (nSPS) is 14.6. The maximum atomic E-state index is 5.72. The second-order valence-electron chi connectivity index (χ2n) is 4.59. The van der Waals surface area contributed by atoms with Crippen molar-refractivity contribution in [3.63, 3.8) is 0 Å². The van der Waals surface area contributed by atoms with Crippen molar-refractivity contribution in [2.24, 2.45) is 0 Å². The molecule has 9 heteroatoms. The number of hydrogen-bond acceptors (Lipinski definition) is 7. The van der Waals surface area contributed by atoms with Crippen molar-refractivity contribution < 1.29 is 0 Å². The molecule has 0 aliphatic heterocycles. The summed E-state index contributed by atoms with van der Waals surface area (Å²) in [4.78, 5) is 16.3. The Morgan fingerprint density at radius 3 is 2.60 bits per heavy atom. The molecule has 100 valence electrons. The van der Waals surface area contributed by atoms with Crippen molar-refractivity contribution in [1.82, 2.24) is 39.5 Å². The molecule has 20 heavy (non-hydrogen) atoms.